The van der Waals surface area contributed by atoms with Crippen LogP contribution < -0.4 is 0 Å². The molecule has 0 N–H and O–H groups in total. The summed E-state index contributed by atoms with van der Waals surface area (Å²) in [5, 5.41) is 2.20. The molecular weight excluding hydrogens is 286 g/mol. The molecule has 0 saturated carbocycles. The van der Waals surface area contributed by atoms with E-state index in [0.29, 0.717) is 5.90 Å². The maximum Gasteiger partial charge on any atom is 0.316 e. The van der Waals surface area contributed by atoms with Gasteiger partial charge in [-0.05, 0) is 34.5 Å². The van der Waals surface area contributed by atoms with Crippen molar-refractivity contribution in [3.8, 4) is 0 Å². The summed E-state index contributed by atoms with van der Waals surface area (Å²) < 4.78 is 5.67. The van der Waals surface area contributed by atoms with Gasteiger partial charge in [-0.2, -0.15) is 4.99 Å². The van der Waals surface area contributed by atoms with Gasteiger partial charge in [0.05, 0.1) is 0 Å². The van der Waals surface area contributed by atoms with Crippen LogP contribution in [0.4, 0.5) is 0 Å². The van der Waals surface area contributed by atoms with Crippen LogP contribution in [0.1, 0.15) is 11.1 Å². The third kappa shape index (κ3) is 2.53. The van der Waals surface area contributed by atoms with E-state index in [1.807, 2.05) is 72.8 Å². The van der Waals surface area contributed by atoms with Crippen LogP contribution in [0.3, 0.4) is 0 Å². The number of hydrogen-bond donors (Lipinski definition) is 0. The molecule has 0 atom stereocenters. The normalized spacial score (nSPS) is 15.7. The molecule has 0 saturated heterocycles. The Labute approximate surface area is 133 Å². The summed E-state index contributed by atoms with van der Waals surface area (Å²) in [6.07, 6.45) is 1.75. The lowest BCUT2D eigenvalue weighted by atomic mass is 10.0. The SMILES string of the molecule is O=C1N=C(c2ccccc2)OC1=Cc1cccc2ccccc12. The van der Waals surface area contributed by atoms with Crippen LogP contribution in [0.25, 0.3) is 16.8 Å². The zero-order valence-corrected chi connectivity index (χ0v) is 12.3. The second-order valence-corrected chi connectivity index (χ2v) is 5.27. The number of rotatable bonds is 2. The topological polar surface area (TPSA) is 38.7 Å². The number of carbonyl (C=O) groups excluding carboxylic acids is 1. The van der Waals surface area contributed by atoms with Crippen LogP contribution in [0.5, 0.6) is 0 Å². The molecule has 0 aliphatic carbocycles. The molecule has 0 radical (unpaired) electrons. The molecule has 3 aromatic rings. The molecule has 1 amide bonds. The third-order valence-electron chi connectivity index (χ3n) is 3.75. The van der Waals surface area contributed by atoms with E-state index >= 15 is 0 Å². The lowest BCUT2D eigenvalue weighted by molar-refractivity contribution is -0.115. The minimum Gasteiger partial charge on any atom is -0.432 e. The molecule has 0 unspecified atom stereocenters. The van der Waals surface area contributed by atoms with Gasteiger partial charge in [-0.3, -0.25) is 4.79 Å². The molecule has 1 aliphatic rings. The number of nitrogens with zero attached hydrogens (tertiary/aromatic N) is 1. The Balaban J connectivity index is 1.72. The average molecular weight is 299 g/mol. The second-order valence-electron chi connectivity index (χ2n) is 5.27. The number of hydrogen-bond acceptors (Lipinski definition) is 2. The molecule has 4 rings (SSSR count). The van der Waals surface area contributed by atoms with E-state index in [2.05, 4.69) is 4.99 Å². The summed E-state index contributed by atoms with van der Waals surface area (Å²) in [6.45, 7) is 0. The Morgan fingerprint density at radius 1 is 0.826 bits per heavy atom. The summed E-state index contributed by atoms with van der Waals surface area (Å²) >= 11 is 0. The standard InChI is InChI=1S/C20H13NO2/c22-19-18(23-20(21-19)15-8-2-1-3-9-15)13-16-11-6-10-14-7-4-5-12-17(14)16/h1-13H. The fourth-order valence-electron chi connectivity index (χ4n) is 2.63. The molecule has 0 aromatic heterocycles. The number of fused-ring (bicyclic) bond motifs is 1. The molecular formula is C20H13NO2. The number of benzene rings is 3. The Bertz CT molecular complexity index is 950. The Morgan fingerprint density at radius 2 is 1.57 bits per heavy atom. The van der Waals surface area contributed by atoms with Crippen molar-refractivity contribution in [3.63, 3.8) is 0 Å². The fourth-order valence-corrected chi connectivity index (χ4v) is 2.63. The largest absolute Gasteiger partial charge is 0.432 e. The van der Waals surface area contributed by atoms with Crippen molar-refractivity contribution >= 4 is 28.7 Å². The average Bonchev–Trinajstić information content (AvgIpc) is 2.97. The minimum atomic E-state index is -0.350. The van der Waals surface area contributed by atoms with Crippen LogP contribution >= 0.6 is 0 Å². The fraction of sp³-hybridized carbons (Fsp3) is 0. The molecule has 0 fully saturated rings. The summed E-state index contributed by atoms with van der Waals surface area (Å²) in [7, 11) is 0. The summed E-state index contributed by atoms with van der Waals surface area (Å²) in [5.41, 5.74) is 1.73. The van der Waals surface area contributed by atoms with Gasteiger partial charge >= 0.3 is 5.91 Å². The first kappa shape index (κ1) is 13.5. The molecule has 0 spiro atoms. The smallest absolute Gasteiger partial charge is 0.316 e. The van der Waals surface area contributed by atoms with Crippen LogP contribution in [0.15, 0.2) is 83.5 Å². The van der Waals surface area contributed by atoms with E-state index in [9.17, 15) is 4.79 Å². The van der Waals surface area contributed by atoms with E-state index in [1.54, 1.807) is 6.08 Å². The van der Waals surface area contributed by atoms with Crippen molar-refractivity contribution in [1.82, 2.24) is 0 Å². The van der Waals surface area contributed by atoms with Crippen molar-refractivity contribution in [1.29, 1.82) is 0 Å². The Morgan fingerprint density at radius 3 is 2.43 bits per heavy atom. The van der Waals surface area contributed by atoms with Gasteiger partial charge in [0.25, 0.3) is 0 Å². The monoisotopic (exact) mass is 299 g/mol. The van der Waals surface area contributed by atoms with Gasteiger partial charge < -0.3 is 4.74 Å². The summed E-state index contributed by atoms with van der Waals surface area (Å²) in [4.78, 5) is 16.1. The predicted molar refractivity (Wildman–Crippen MR) is 91.0 cm³/mol. The zero-order chi connectivity index (χ0) is 15.6. The van der Waals surface area contributed by atoms with Crippen molar-refractivity contribution in [2.24, 2.45) is 4.99 Å². The number of ether oxygens (including phenoxy) is 1. The lowest BCUT2D eigenvalue weighted by Crippen LogP contribution is -2.00. The van der Waals surface area contributed by atoms with Gasteiger partial charge in [-0.1, -0.05) is 60.7 Å². The zero-order valence-electron chi connectivity index (χ0n) is 12.3. The molecule has 23 heavy (non-hydrogen) atoms. The first-order chi connectivity index (χ1) is 11.3. The number of aliphatic imine (C=N–C) groups is 1. The highest BCUT2D eigenvalue weighted by Gasteiger charge is 2.23. The maximum atomic E-state index is 12.1. The summed E-state index contributed by atoms with van der Waals surface area (Å²) in [5.74, 6) is 0.249. The predicted octanol–water partition coefficient (Wildman–Crippen LogP) is 4.18. The lowest BCUT2D eigenvalue weighted by Gasteiger charge is -2.04. The van der Waals surface area contributed by atoms with E-state index in [4.69, 9.17) is 4.74 Å². The van der Waals surface area contributed by atoms with E-state index < -0.39 is 0 Å². The molecule has 3 aromatic carbocycles. The van der Waals surface area contributed by atoms with Crippen LogP contribution in [0, 0.1) is 0 Å². The highest BCUT2D eigenvalue weighted by molar-refractivity contribution is 6.14. The van der Waals surface area contributed by atoms with Gasteiger partial charge in [0.1, 0.15) is 0 Å². The first-order valence-electron chi connectivity index (χ1n) is 7.37. The third-order valence-corrected chi connectivity index (χ3v) is 3.75. The first-order valence-corrected chi connectivity index (χ1v) is 7.37. The molecule has 1 heterocycles. The Hall–Kier alpha value is -3.20. The van der Waals surface area contributed by atoms with Gasteiger partial charge in [0.15, 0.2) is 5.76 Å². The van der Waals surface area contributed by atoms with Crippen LogP contribution in [-0.4, -0.2) is 11.8 Å². The van der Waals surface area contributed by atoms with Crippen molar-refractivity contribution in [2.75, 3.05) is 0 Å². The molecule has 0 bridgehead atoms. The van der Waals surface area contributed by atoms with Crippen LogP contribution in [-0.2, 0) is 9.53 Å². The van der Waals surface area contributed by atoms with Gasteiger partial charge in [0, 0.05) is 5.56 Å². The molecule has 110 valence electrons. The highest BCUT2D eigenvalue weighted by Crippen LogP contribution is 2.24. The van der Waals surface area contributed by atoms with Crippen LogP contribution in [0.2, 0.25) is 0 Å². The Kier molecular flexibility index (Phi) is 3.24. The summed E-state index contributed by atoms with van der Waals surface area (Å²) in [6, 6.07) is 23.4. The number of carbonyl (C=O) groups is 1. The molecule has 3 nitrogen and oxygen atoms in total. The van der Waals surface area contributed by atoms with Gasteiger partial charge in [0.2, 0.25) is 5.90 Å². The van der Waals surface area contributed by atoms with E-state index in [-0.39, 0.29) is 11.7 Å². The van der Waals surface area contributed by atoms with Gasteiger partial charge in [-0.25, -0.2) is 0 Å². The highest BCUT2D eigenvalue weighted by atomic mass is 16.5. The quantitative estimate of drug-likeness (QED) is 0.666. The van der Waals surface area contributed by atoms with Crippen molar-refractivity contribution in [2.45, 2.75) is 0 Å². The second kappa shape index (κ2) is 5.54. The van der Waals surface area contributed by atoms with E-state index in [1.165, 1.54) is 0 Å². The van der Waals surface area contributed by atoms with E-state index in [0.717, 1.165) is 21.9 Å². The maximum absolute atomic E-state index is 12.1. The van der Waals surface area contributed by atoms with Gasteiger partial charge in [-0.15, -0.1) is 0 Å². The minimum absolute atomic E-state index is 0.250. The molecule has 1 aliphatic heterocycles. The number of amides is 1. The van der Waals surface area contributed by atoms with Crippen molar-refractivity contribution in [3.05, 3.63) is 89.7 Å². The van der Waals surface area contributed by atoms with Crippen molar-refractivity contribution < 1.29 is 9.53 Å². The molecule has 3 heteroatoms.